The van der Waals surface area contributed by atoms with Gasteiger partial charge in [0.15, 0.2) is 0 Å². The van der Waals surface area contributed by atoms with Crippen molar-refractivity contribution < 1.29 is 5.11 Å². The second kappa shape index (κ2) is 6.67. The number of aliphatic hydroxyl groups is 1. The van der Waals surface area contributed by atoms with Gasteiger partial charge in [-0.25, -0.2) is 0 Å². The van der Waals surface area contributed by atoms with Gasteiger partial charge in [-0.05, 0) is 31.9 Å². The molecule has 15 heavy (non-hydrogen) atoms. The molecule has 0 radical (unpaired) electrons. The van der Waals surface area contributed by atoms with E-state index in [0.29, 0.717) is 6.04 Å². The number of aromatic nitrogens is 1. The van der Waals surface area contributed by atoms with Gasteiger partial charge in [-0.3, -0.25) is 0 Å². The Morgan fingerprint density at radius 3 is 2.40 bits per heavy atom. The Morgan fingerprint density at radius 1 is 1.20 bits per heavy atom. The molecule has 1 aromatic rings. The van der Waals surface area contributed by atoms with Gasteiger partial charge in [0.1, 0.15) is 0 Å². The van der Waals surface area contributed by atoms with Crippen LogP contribution in [0.3, 0.4) is 0 Å². The van der Waals surface area contributed by atoms with Gasteiger partial charge in [0.05, 0.1) is 6.10 Å². The van der Waals surface area contributed by atoms with Gasteiger partial charge in [-0.15, -0.1) is 0 Å². The fourth-order valence-electron chi connectivity index (χ4n) is 2.00. The number of unbranched alkanes of at least 4 members (excludes halogenated alkanes) is 2. The van der Waals surface area contributed by atoms with E-state index in [9.17, 15) is 5.11 Å². The summed E-state index contributed by atoms with van der Waals surface area (Å²) in [7, 11) is 0. The van der Waals surface area contributed by atoms with Crippen LogP contribution in [0.15, 0.2) is 24.5 Å². The van der Waals surface area contributed by atoms with Crippen molar-refractivity contribution in [3.8, 4) is 0 Å². The van der Waals surface area contributed by atoms with Gasteiger partial charge in [0.2, 0.25) is 0 Å². The summed E-state index contributed by atoms with van der Waals surface area (Å²) < 4.78 is 2.22. The number of hydrogen-bond acceptors (Lipinski definition) is 1. The molecule has 0 aliphatic heterocycles. The van der Waals surface area contributed by atoms with Crippen molar-refractivity contribution >= 4 is 0 Å². The molecule has 1 aromatic heterocycles. The van der Waals surface area contributed by atoms with Gasteiger partial charge >= 0.3 is 0 Å². The molecule has 1 heterocycles. The largest absolute Gasteiger partial charge is 0.393 e. The molecule has 0 aromatic carbocycles. The summed E-state index contributed by atoms with van der Waals surface area (Å²) in [6.07, 6.45) is 9.82. The van der Waals surface area contributed by atoms with Crippen molar-refractivity contribution in [3.05, 3.63) is 24.5 Å². The maximum atomic E-state index is 9.46. The molecular formula is C13H23NO. The first kappa shape index (κ1) is 12.3. The minimum Gasteiger partial charge on any atom is -0.393 e. The van der Waals surface area contributed by atoms with Crippen LogP contribution in [0.4, 0.5) is 0 Å². The van der Waals surface area contributed by atoms with E-state index in [-0.39, 0.29) is 6.10 Å². The van der Waals surface area contributed by atoms with Crippen LogP contribution in [0, 0.1) is 0 Å². The lowest BCUT2D eigenvalue weighted by Gasteiger charge is -2.20. The topological polar surface area (TPSA) is 25.2 Å². The third-order valence-corrected chi connectivity index (χ3v) is 2.80. The highest BCUT2D eigenvalue weighted by Crippen LogP contribution is 2.21. The van der Waals surface area contributed by atoms with Crippen molar-refractivity contribution in [1.82, 2.24) is 4.57 Å². The average molecular weight is 209 g/mol. The fourth-order valence-corrected chi connectivity index (χ4v) is 2.00. The lowest BCUT2D eigenvalue weighted by Crippen LogP contribution is -2.14. The fraction of sp³-hybridized carbons (Fsp3) is 0.692. The number of nitrogens with zero attached hydrogens (tertiary/aromatic N) is 1. The summed E-state index contributed by atoms with van der Waals surface area (Å²) in [5, 5.41) is 9.46. The molecule has 2 unspecified atom stereocenters. The van der Waals surface area contributed by atoms with Gasteiger partial charge in [-0.2, -0.15) is 0 Å². The van der Waals surface area contributed by atoms with E-state index < -0.39 is 0 Å². The molecule has 2 nitrogen and oxygen atoms in total. The minimum absolute atomic E-state index is 0.209. The highest BCUT2D eigenvalue weighted by molar-refractivity contribution is 4.93. The molecule has 86 valence electrons. The maximum Gasteiger partial charge on any atom is 0.0531 e. The predicted molar refractivity (Wildman–Crippen MR) is 63.9 cm³/mol. The van der Waals surface area contributed by atoms with Crippen molar-refractivity contribution in [1.29, 1.82) is 0 Å². The third kappa shape index (κ3) is 4.52. The van der Waals surface area contributed by atoms with Crippen LogP contribution >= 0.6 is 0 Å². The molecule has 0 saturated carbocycles. The predicted octanol–water partition coefficient (Wildman–Crippen LogP) is 3.38. The normalized spacial score (nSPS) is 15.1. The molecular weight excluding hydrogens is 186 g/mol. The molecule has 0 saturated heterocycles. The Labute approximate surface area is 92.9 Å². The summed E-state index contributed by atoms with van der Waals surface area (Å²) in [4.78, 5) is 0. The van der Waals surface area contributed by atoms with Crippen molar-refractivity contribution in [2.75, 3.05) is 0 Å². The summed E-state index contributed by atoms with van der Waals surface area (Å²) >= 11 is 0. The van der Waals surface area contributed by atoms with E-state index in [1.54, 1.807) is 0 Å². The summed E-state index contributed by atoms with van der Waals surface area (Å²) in [6, 6.07) is 4.57. The lowest BCUT2D eigenvalue weighted by atomic mass is 10.0. The monoisotopic (exact) mass is 209 g/mol. The smallest absolute Gasteiger partial charge is 0.0531 e. The van der Waals surface area contributed by atoms with E-state index in [1.807, 2.05) is 6.92 Å². The lowest BCUT2D eigenvalue weighted by molar-refractivity contribution is 0.158. The Kier molecular flexibility index (Phi) is 5.48. The molecule has 1 rings (SSSR count). The Hall–Kier alpha value is -0.760. The molecule has 0 fully saturated rings. The highest BCUT2D eigenvalue weighted by Gasteiger charge is 2.12. The average Bonchev–Trinajstić information content (AvgIpc) is 2.68. The summed E-state index contributed by atoms with van der Waals surface area (Å²) in [5.74, 6) is 0. The minimum atomic E-state index is -0.209. The van der Waals surface area contributed by atoms with Crippen LogP contribution in [0.1, 0.15) is 52.0 Å². The molecule has 2 heteroatoms. The van der Waals surface area contributed by atoms with E-state index in [1.165, 1.54) is 25.7 Å². The zero-order chi connectivity index (χ0) is 11.1. The Morgan fingerprint density at radius 2 is 1.87 bits per heavy atom. The summed E-state index contributed by atoms with van der Waals surface area (Å²) in [6.45, 7) is 4.09. The number of aliphatic hydroxyl groups excluding tert-OH is 1. The highest BCUT2D eigenvalue weighted by atomic mass is 16.3. The van der Waals surface area contributed by atoms with Crippen LogP contribution < -0.4 is 0 Å². The van der Waals surface area contributed by atoms with Crippen LogP contribution in [0.2, 0.25) is 0 Å². The Bertz CT molecular complexity index is 241. The first-order valence-corrected chi connectivity index (χ1v) is 6.04. The van der Waals surface area contributed by atoms with Crippen molar-refractivity contribution in [3.63, 3.8) is 0 Å². The standard InChI is InChI=1S/C13H23NO/c1-3-4-5-8-13(11-12(2)15)14-9-6-7-10-14/h6-7,9-10,12-13,15H,3-5,8,11H2,1-2H3. The molecule has 0 amide bonds. The first-order valence-electron chi connectivity index (χ1n) is 6.04. The van der Waals surface area contributed by atoms with E-state index in [2.05, 4.69) is 36.0 Å². The van der Waals surface area contributed by atoms with Crippen LogP contribution in [0.5, 0.6) is 0 Å². The van der Waals surface area contributed by atoms with E-state index in [4.69, 9.17) is 0 Å². The zero-order valence-electron chi connectivity index (χ0n) is 9.89. The van der Waals surface area contributed by atoms with Gasteiger partial charge in [0, 0.05) is 18.4 Å². The molecule has 0 aliphatic rings. The zero-order valence-corrected chi connectivity index (χ0v) is 9.89. The quantitative estimate of drug-likeness (QED) is 0.684. The molecule has 2 atom stereocenters. The van der Waals surface area contributed by atoms with E-state index >= 15 is 0 Å². The van der Waals surface area contributed by atoms with E-state index in [0.717, 1.165) is 6.42 Å². The third-order valence-electron chi connectivity index (χ3n) is 2.80. The van der Waals surface area contributed by atoms with Crippen LogP contribution in [-0.2, 0) is 0 Å². The summed E-state index contributed by atoms with van der Waals surface area (Å²) in [5.41, 5.74) is 0. The van der Waals surface area contributed by atoms with Crippen molar-refractivity contribution in [2.24, 2.45) is 0 Å². The van der Waals surface area contributed by atoms with Gasteiger partial charge in [0.25, 0.3) is 0 Å². The van der Waals surface area contributed by atoms with Crippen molar-refractivity contribution in [2.45, 2.75) is 58.1 Å². The molecule has 0 aliphatic carbocycles. The maximum absolute atomic E-state index is 9.46. The van der Waals surface area contributed by atoms with Crippen LogP contribution in [0.25, 0.3) is 0 Å². The second-order valence-electron chi connectivity index (χ2n) is 4.36. The molecule has 1 N–H and O–H groups in total. The second-order valence-corrected chi connectivity index (χ2v) is 4.36. The molecule has 0 bridgehead atoms. The SMILES string of the molecule is CCCCCC(CC(C)O)n1cccc1. The van der Waals surface area contributed by atoms with Gasteiger partial charge in [-0.1, -0.05) is 26.2 Å². The molecule has 0 spiro atoms. The number of rotatable bonds is 7. The number of hydrogen-bond donors (Lipinski definition) is 1. The van der Waals surface area contributed by atoms with Gasteiger partial charge < -0.3 is 9.67 Å². The first-order chi connectivity index (χ1) is 7.24. The Balaban J connectivity index is 2.46. The van der Waals surface area contributed by atoms with Crippen LogP contribution in [-0.4, -0.2) is 15.8 Å².